The number of hydrogen-bond acceptors (Lipinski definition) is 5. The van der Waals surface area contributed by atoms with Gasteiger partial charge in [-0.1, -0.05) is 0 Å². The summed E-state index contributed by atoms with van der Waals surface area (Å²) in [6, 6.07) is 5.33. The summed E-state index contributed by atoms with van der Waals surface area (Å²) in [7, 11) is -3.58. The summed E-state index contributed by atoms with van der Waals surface area (Å²) in [6.07, 6.45) is -0.373. The van der Waals surface area contributed by atoms with E-state index < -0.39 is 28.1 Å². The van der Waals surface area contributed by atoms with Crippen LogP contribution in [0.3, 0.4) is 0 Å². The van der Waals surface area contributed by atoms with E-state index in [1.807, 2.05) is 0 Å². The number of benzene rings is 1. The summed E-state index contributed by atoms with van der Waals surface area (Å²) in [6.45, 7) is -0.0811. The summed E-state index contributed by atoms with van der Waals surface area (Å²) in [5.74, 6) is -0.409. The smallest absolute Gasteiger partial charge is 0.414 e. The minimum Gasteiger partial charge on any atom is -0.441 e. The number of cyclic esters (lactones) is 1. The number of amides is 1. The molecule has 0 unspecified atom stereocenters. The zero-order valence-electron chi connectivity index (χ0n) is 10.1. The molecule has 2 rings (SSSR count). The largest absolute Gasteiger partial charge is 0.441 e. The van der Waals surface area contributed by atoms with Crippen LogP contribution in [0.25, 0.3) is 0 Å². The second kappa shape index (κ2) is 5.14. The van der Waals surface area contributed by atoms with Crippen LogP contribution in [0.15, 0.2) is 24.3 Å². The van der Waals surface area contributed by atoms with Crippen LogP contribution in [0.5, 0.6) is 0 Å². The lowest BCUT2D eigenvalue weighted by Crippen LogP contribution is -2.26. The third-order valence-electron chi connectivity index (χ3n) is 2.48. The first kappa shape index (κ1) is 13.8. The molecule has 0 bridgehead atoms. The van der Waals surface area contributed by atoms with Gasteiger partial charge in [-0.05, 0) is 24.3 Å². The molecule has 0 radical (unpaired) electrons. The molecule has 1 aromatic rings. The Bertz CT molecular complexity index is 571. The van der Waals surface area contributed by atoms with Crippen molar-refractivity contribution in [2.45, 2.75) is 6.10 Å². The maximum absolute atomic E-state index is 12.8. The van der Waals surface area contributed by atoms with Gasteiger partial charge in [-0.15, -0.1) is 0 Å². The molecule has 1 atom stereocenters. The van der Waals surface area contributed by atoms with E-state index >= 15 is 0 Å². The molecule has 0 aromatic heterocycles. The number of carbonyl (C=O) groups is 1. The van der Waals surface area contributed by atoms with Crippen molar-refractivity contribution in [3.8, 4) is 0 Å². The predicted octanol–water partition coefficient (Wildman–Crippen LogP) is 1.13. The molecule has 104 valence electrons. The highest BCUT2D eigenvalue weighted by molar-refractivity contribution is 7.85. The molecular weight excluding hydrogens is 277 g/mol. The molecule has 19 heavy (non-hydrogen) atoms. The summed E-state index contributed by atoms with van der Waals surface area (Å²) in [4.78, 5) is 12.9. The fourth-order valence-electron chi connectivity index (χ4n) is 1.64. The SMILES string of the molecule is CS(=O)(=O)OC[C@@H]1CN(c2ccc(F)cc2)C(=O)O1. The summed E-state index contributed by atoms with van der Waals surface area (Å²) >= 11 is 0. The van der Waals surface area contributed by atoms with Crippen molar-refractivity contribution < 1.29 is 26.5 Å². The van der Waals surface area contributed by atoms with Crippen molar-refractivity contribution >= 4 is 21.9 Å². The molecule has 1 saturated heterocycles. The number of halogens is 1. The first-order valence-corrected chi connectivity index (χ1v) is 7.25. The van der Waals surface area contributed by atoms with E-state index in [1.54, 1.807) is 0 Å². The quantitative estimate of drug-likeness (QED) is 0.777. The molecular formula is C11H12FNO5S. The molecule has 6 nitrogen and oxygen atoms in total. The van der Waals surface area contributed by atoms with Crippen molar-refractivity contribution in [1.82, 2.24) is 0 Å². The number of carbonyl (C=O) groups excluding carboxylic acids is 1. The molecule has 0 spiro atoms. The van der Waals surface area contributed by atoms with Crippen molar-refractivity contribution in [3.63, 3.8) is 0 Å². The molecule has 0 N–H and O–H groups in total. The molecule has 1 aromatic carbocycles. The minimum absolute atomic E-state index is 0.153. The van der Waals surface area contributed by atoms with Gasteiger partial charge in [0.05, 0.1) is 12.8 Å². The van der Waals surface area contributed by atoms with E-state index in [9.17, 15) is 17.6 Å². The Labute approximate surface area is 109 Å². The fourth-order valence-corrected chi connectivity index (χ4v) is 2.04. The maximum atomic E-state index is 12.8. The van der Waals surface area contributed by atoms with Crippen LogP contribution in [0.4, 0.5) is 14.9 Å². The number of ether oxygens (including phenoxy) is 1. The third kappa shape index (κ3) is 3.65. The second-order valence-electron chi connectivity index (χ2n) is 4.08. The van der Waals surface area contributed by atoms with Crippen LogP contribution >= 0.6 is 0 Å². The number of hydrogen-bond donors (Lipinski definition) is 0. The molecule has 0 aliphatic carbocycles. The highest BCUT2D eigenvalue weighted by atomic mass is 32.2. The fraction of sp³-hybridized carbons (Fsp3) is 0.364. The first-order valence-electron chi connectivity index (χ1n) is 5.43. The normalized spacial score (nSPS) is 19.6. The lowest BCUT2D eigenvalue weighted by atomic mass is 10.3. The van der Waals surface area contributed by atoms with Gasteiger partial charge >= 0.3 is 6.09 Å². The molecule has 1 aliphatic heterocycles. The number of rotatable bonds is 4. The van der Waals surface area contributed by atoms with Gasteiger partial charge in [0.15, 0.2) is 0 Å². The van der Waals surface area contributed by atoms with Gasteiger partial charge in [0.1, 0.15) is 18.5 Å². The van der Waals surface area contributed by atoms with Gasteiger partial charge in [0, 0.05) is 5.69 Å². The van der Waals surface area contributed by atoms with E-state index in [0.29, 0.717) is 5.69 Å². The molecule has 0 saturated carbocycles. The van der Waals surface area contributed by atoms with Gasteiger partial charge in [-0.2, -0.15) is 8.42 Å². The topological polar surface area (TPSA) is 72.9 Å². The standard InChI is InChI=1S/C11H12FNO5S/c1-19(15,16)17-7-10-6-13(11(14)18-10)9-4-2-8(12)3-5-9/h2-5,10H,6-7H2,1H3/t10-/m0/s1. The first-order chi connectivity index (χ1) is 8.85. The van der Waals surface area contributed by atoms with Crippen LogP contribution in [0, 0.1) is 5.82 Å². The Hall–Kier alpha value is -1.67. The molecule has 1 fully saturated rings. The second-order valence-corrected chi connectivity index (χ2v) is 5.73. The summed E-state index contributed by atoms with van der Waals surface area (Å²) < 4.78 is 44.0. The minimum atomic E-state index is -3.58. The van der Waals surface area contributed by atoms with Crippen LogP contribution in [0.1, 0.15) is 0 Å². The lowest BCUT2D eigenvalue weighted by Gasteiger charge is -2.12. The molecule has 1 amide bonds. The van der Waals surface area contributed by atoms with Gasteiger partial charge in [-0.3, -0.25) is 9.08 Å². The Morgan fingerprint density at radius 3 is 2.63 bits per heavy atom. The zero-order valence-corrected chi connectivity index (χ0v) is 10.9. The highest BCUT2D eigenvalue weighted by Crippen LogP contribution is 2.22. The van der Waals surface area contributed by atoms with Crippen molar-refractivity contribution in [1.29, 1.82) is 0 Å². The van der Waals surface area contributed by atoms with Gasteiger partial charge in [-0.25, -0.2) is 9.18 Å². The van der Waals surface area contributed by atoms with Crippen LogP contribution in [-0.4, -0.2) is 40.0 Å². The van der Waals surface area contributed by atoms with Gasteiger partial charge in [0.25, 0.3) is 10.1 Å². The maximum Gasteiger partial charge on any atom is 0.414 e. The van der Waals surface area contributed by atoms with Crippen LogP contribution in [0.2, 0.25) is 0 Å². The van der Waals surface area contributed by atoms with Crippen molar-refractivity contribution in [2.24, 2.45) is 0 Å². The Balaban J connectivity index is 2.01. The van der Waals surface area contributed by atoms with Crippen molar-refractivity contribution in [3.05, 3.63) is 30.1 Å². The van der Waals surface area contributed by atoms with Gasteiger partial charge < -0.3 is 4.74 Å². The Morgan fingerprint density at radius 2 is 2.05 bits per heavy atom. The Kier molecular flexibility index (Phi) is 3.72. The average molecular weight is 289 g/mol. The summed E-state index contributed by atoms with van der Waals surface area (Å²) in [5.41, 5.74) is 0.480. The Morgan fingerprint density at radius 1 is 1.42 bits per heavy atom. The van der Waals surface area contributed by atoms with Crippen molar-refractivity contribution in [2.75, 3.05) is 24.3 Å². The van der Waals surface area contributed by atoms with E-state index in [0.717, 1.165) is 6.26 Å². The monoisotopic (exact) mass is 289 g/mol. The average Bonchev–Trinajstić information content (AvgIpc) is 2.68. The molecule has 1 heterocycles. The van der Waals surface area contributed by atoms with Crippen LogP contribution < -0.4 is 4.90 Å². The predicted molar refractivity (Wildman–Crippen MR) is 64.8 cm³/mol. The van der Waals surface area contributed by atoms with E-state index in [1.165, 1.54) is 29.2 Å². The van der Waals surface area contributed by atoms with E-state index in [-0.39, 0.29) is 13.2 Å². The van der Waals surface area contributed by atoms with Gasteiger partial charge in [0.2, 0.25) is 0 Å². The number of nitrogens with zero attached hydrogens (tertiary/aromatic N) is 1. The third-order valence-corrected chi connectivity index (χ3v) is 3.04. The molecule has 1 aliphatic rings. The van der Waals surface area contributed by atoms with E-state index in [4.69, 9.17) is 4.74 Å². The lowest BCUT2D eigenvalue weighted by molar-refractivity contribution is 0.107. The highest BCUT2D eigenvalue weighted by Gasteiger charge is 2.33. The summed E-state index contributed by atoms with van der Waals surface area (Å²) in [5, 5.41) is 0. The zero-order chi connectivity index (χ0) is 14.0. The van der Waals surface area contributed by atoms with E-state index in [2.05, 4.69) is 4.18 Å². The van der Waals surface area contributed by atoms with Crippen LogP contribution in [-0.2, 0) is 19.0 Å². The molecule has 8 heteroatoms. The number of anilines is 1.